The largest absolute Gasteiger partial charge is 0.295 e. The molecule has 2 rings (SSSR count). The molecule has 2 aromatic rings. The third-order valence-corrected chi connectivity index (χ3v) is 2.67. The van der Waals surface area contributed by atoms with Crippen molar-refractivity contribution in [2.24, 2.45) is 4.99 Å². The quantitative estimate of drug-likeness (QED) is 0.586. The Morgan fingerprint density at radius 1 is 1.00 bits per heavy atom. The van der Waals surface area contributed by atoms with Gasteiger partial charge in [-0.2, -0.15) is 0 Å². The third kappa shape index (κ3) is 4.03. The molecule has 0 atom stereocenters. The number of allylic oxidation sites excluding steroid dienone is 1. The number of rotatable bonds is 4. The first-order valence-corrected chi connectivity index (χ1v) is 6.12. The molecule has 94 valence electrons. The number of aliphatic imine (C=N–C) groups is 1. The molecule has 0 spiro atoms. The average Bonchev–Trinajstić information content (AvgIpc) is 2.45. The van der Waals surface area contributed by atoms with E-state index in [1.54, 1.807) is 25.3 Å². The zero-order valence-electron chi connectivity index (χ0n) is 10.8. The Morgan fingerprint density at radius 3 is 2.32 bits per heavy atom. The predicted molar refractivity (Wildman–Crippen MR) is 80.1 cm³/mol. The lowest BCUT2D eigenvalue weighted by Crippen LogP contribution is -1.89. The van der Waals surface area contributed by atoms with E-state index in [2.05, 4.69) is 4.99 Å². The standard InChI is InChI=1S/C17H15NO/c1-14(19)16-9-11-17(12-10-16)18-13-5-8-15-6-3-2-4-7-15/h2-13H,1H3. The molecular weight excluding hydrogens is 234 g/mol. The van der Waals surface area contributed by atoms with E-state index in [1.807, 2.05) is 54.6 Å². The fourth-order valence-corrected chi connectivity index (χ4v) is 1.63. The first-order valence-electron chi connectivity index (χ1n) is 6.12. The van der Waals surface area contributed by atoms with Crippen LogP contribution in [0.3, 0.4) is 0 Å². The van der Waals surface area contributed by atoms with Gasteiger partial charge in [0, 0.05) is 11.8 Å². The van der Waals surface area contributed by atoms with Crippen LogP contribution in [0.1, 0.15) is 22.8 Å². The van der Waals surface area contributed by atoms with E-state index < -0.39 is 0 Å². The highest BCUT2D eigenvalue weighted by molar-refractivity contribution is 5.94. The lowest BCUT2D eigenvalue weighted by Gasteiger charge is -1.95. The van der Waals surface area contributed by atoms with Crippen LogP contribution < -0.4 is 0 Å². The Balaban J connectivity index is 1.99. The zero-order valence-corrected chi connectivity index (χ0v) is 10.8. The van der Waals surface area contributed by atoms with Crippen LogP contribution in [0.5, 0.6) is 0 Å². The molecule has 19 heavy (non-hydrogen) atoms. The summed E-state index contributed by atoms with van der Waals surface area (Å²) in [6, 6.07) is 17.3. The van der Waals surface area contributed by atoms with Gasteiger partial charge in [-0.15, -0.1) is 0 Å². The van der Waals surface area contributed by atoms with Crippen molar-refractivity contribution in [3.05, 3.63) is 71.8 Å². The summed E-state index contributed by atoms with van der Waals surface area (Å²) in [6.07, 6.45) is 5.64. The molecule has 0 amide bonds. The summed E-state index contributed by atoms with van der Waals surface area (Å²) in [5.41, 5.74) is 2.68. The second kappa shape index (κ2) is 6.45. The molecule has 0 aliphatic rings. The Hall–Kier alpha value is -2.48. The van der Waals surface area contributed by atoms with Crippen LogP contribution >= 0.6 is 0 Å². The van der Waals surface area contributed by atoms with Gasteiger partial charge in [-0.1, -0.05) is 36.4 Å². The van der Waals surface area contributed by atoms with Gasteiger partial charge in [0.25, 0.3) is 0 Å². The molecule has 2 nitrogen and oxygen atoms in total. The van der Waals surface area contributed by atoms with Gasteiger partial charge in [0.2, 0.25) is 0 Å². The van der Waals surface area contributed by atoms with Crippen molar-refractivity contribution < 1.29 is 4.79 Å². The molecule has 0 bridgehead atoms. The molecule has 0 heterocycles. The summed E-state index contributed by atoms with van der Waals surface area (Å²) in [5.74, 6) is 0.0690. The minimum atomic E-state index is 0.0690. The summed E-state index contributed by atoms with van der Waals surface area (Å²) in [7, 11) is 0. The molecule has 0 radical (unpaired) electrons. The molecule has 0 saturated carbocycles. The topological polar surface area (TPSA) is 29.4 Å². The Morgan fingerprint density at radius 2 is 1.68 bits per heavy atom. The van der Waals surface area contributed by atoms with Gasteiger partial charge < -0.3 is 0 Å². The minimum Gasteiger partial charge on any atom is -0.295 e. The average molecular weight is 249 g/mol. The fraction of sp³-hybridized carbons (Fsp3) is 0.0588. The Bertz CT molecular complexity index is 595. The van der Waals surface area contributed by atoms with Crippen LogP contribution in [-0.4, -0.2) is 12.0 Å². The van der Waals surface area contributed by atoms with E-state index in [9.17, 15) is 4.79 Å². The van der Waals surface area contributed by atoms with Crippen molar-refractivity contribution in [1.29, 1.82) is 0 Å². The van der Waals surface area contributed by atoms with Gasteiger partial charge in [0.05, 0.1) is 5.69 Å². The zero-order chi connectivity index (χ0) is 13.5. The second-order valence-electron chi connectivity index (χ2n) is 4.15. The van der Waals surface area contributed by atoms with Crippen LogP contribution in [0, 0.1) is 0 Å². The molecule has 2 heteroatoms. The van der Waals surface area contributed by atoms with Crippen molar-refractivity contribution in [2.45, 2.75) is 6.92 Å². The van der Waals surface area contributed by atoms with E-state index in [-0.39, 0.29) is 5.78 Å². The highest BCUT2D eigenvalue weighted by Gasteiger charge is 1.96. The second-order valence-corrected chi connectivity index (χ2v) is 4.15. The fourth-order valence-electron chi connectivity index (χ4n) is 1.63. The van der Waals surface area contributed by atoms with Crippen LogP contribution in [0.15, 0.2) is 65.7 Å². The number of benzene rings is 2. The number of Topliss-reactive ketones (excluding diaryl/α,β-unsaturated/α-hetero) is 1. The molecular formula is C17H15NO. The number of nitrogens with zero attached hydrogens (tertiary/aromatic N) is 1. The van der Waals surface area contributed by atoms with Crippen LogP contribution in [0.2, 0.25) is 0 Å². The number of carbonyl (C=O) groups excluding carboxylic acids is 1. The van der Waals surface area contributed by atoms with Crippen molar-refractivity contribution in [3.8, 4) is 0 Å². The van der Waals surface area contributed by atoms with Crippen LogP contribution in [-0.2, 0) is 0 Å². The maximum absolute atomic E-state index is 11.1. The maximum Gasteiger partial charge on any atom is 0.159 e. The lowest BCUT2D eigenvalue weighted by molar-refractivity contribution is 0.101. The predicted octanol–water partition coefficient (Wildman–Crippen LogP) is 4.30. The van der Waals surface area contributed by atoms with Gasteiger partial charge in [0.15, 0.2) is 5.78 Å². The van der Waals surface area contributed by atoms with Crippen LogP contribution in [0.25, 0.3) is 6.08 Å². The summed E-state index contributed by atoms with van der Waals surface area (Å²) >= 11 is 0. The number of ketones is 1. The van der Waals surface area contributed by atoms with Crippen LogP contribution in [0.4, 0.5) is 5.69 Å². The monoisotopic (exact) mass is 249 g/mol. The van der Waals surface area contributed by atoms with E-state index in [0.29, 0.717) is 5.56 Å². The van der Waals surface area contributed by atoms with Crippen molar-refractivity contribution in [2.75, 3.05) is 0 Å². The van der Waals surface area contributed by atoms with Gasteiger partial charge in [-0.25, -0.2) is 0 Å². The first kappa shape index (κ1) is 13.0. The molecule has 0 aliphatic carbocycles. The van der Waals surface area contributed by atoms with Gasteiger partial charge in [-0.05, 0) is 42.8 Å². The van der Waals surface area contributed by atoms with Gasteiger partial charge >= 0.3 is 0 Å². The maximum atomic E-state index is 11.1. The number of hydrogen-bond acceptors (Lipinski definition) is 2. The summed E-state index contributed by atoms with van der Waals surface area (Å²) in [6.45, 7) is 1.56. The summed E-state index contributed by atoms with van der Waals surface area (Å²) in [5, 5.41) is 0. The normalized spacial score (nSPS) is 11.2. The van der Waals surface area contributed by atoms with Crippen molar-refractivity contribution >= 4 is 23.8 Å². The Labute approximate surface area is 113 Å². The smallest absolute Gasteiger partial charge is 0.159 e. The van der Waals surface area contributed by atoms with E-state index >= 15 is 0 Å². The molecule has 0 aromatic heterocycles. The minimum absolute atomic E-state index is 0.0690. The number of carbonyl (C=O) groups is 1. The molecule has 2 aromatic carbocycles. The highest BCUT2D eigenvalue weighted by Crippen LogP contribution is 2.12. The number of hydrogen-bond donors (Lipinski definition) is 0. The Kier molecular flexibility index (Phi) is 4.40. The van der Waals surface area contributed by atoms with E-state index in [1.165, 1.54) is 0 Å². The van der Waals surface area contributed by atoms with E-state index in [4.69, 9.17) is 0 Å². The third-order valence-electron chi connectivity index (χ3n) is 2.67. The van der Waals surface area contributed by atoms with Gasteiger partial charge in [0.1, 0.15) is 0 Å². The van der Waals surface area contributed by atoms with Gasteiger partial charge in [-0.3, -0.25) is 9.79 Å². The first-order chi connectivity index (χ1) is 9.25. The van der Waals surface area contributed by atoms with Crippen molar-refractivity contribution in [1.82, 2.24) is 0 Å². The lowest BCUT2D eigenvalue weighted by atomic mass is 10.1. The molecule has 0 fully saturated rings. The molecule has 0 aliphatic heterocycles. The SMILES string of the molecule is CC(=O)c1ccc(N=CC=Cc2ccccc2)cc1. The van der Waals surface area contributed by atoms with E-state index in [0.717, 1.165) is 11.3 Å². The highest BCUT2D eigenvalue weighted by atomic mass is 16.1. The molecule has 0 N–H and O–H groups in total. The summed E-state index contributed by atoms with van der Waals surface area (Å²) in [4.78, 5) is 15.4. The van der Waals surface area contributed by atoms with Crippen molar-refractivity contribution in [3.63, 3.8) is 0 Å². The molecule has 0 saturated heterocycles. The summed E-state index contributed by atoms with van der Waals surface area (Å²) < 4.78 is 0. The molecule has 0 unspecified atom stereocenters.